The van der Waals surface area contributed by atoms with Gasteiger partial charge in [-0.25, -0.2) is 0 Å². The predicted molar refractivity (Wildman–Crippen MR) is 150 cm³/mol. The van der Waals surface area contributed by atoms with E-state index in [1.54, 1.807) is 22.0 Å². The molecule has 2 bridgehead atoms. The molecule has 38 heavy (non-hydrogen) atoms. The maximum absolute atomic E-state index is 14.5. The number of benzene rings is 1. The molecule has 0 aromatic heterocycles. The fourth-order valence-electron chi connectivity index (χ4n) is 6.56. The van der Waals surface area contributed by atoms with Crippen LogP contribution in [0.3, 0.4) is 0 Å². The van der Waals surface area contributed by atoms with Gasteiger partial charge in [0.25, 0.3) is 5.91 Å². The summed E-state index contributed by atoms with van der Waals surface area (Å²) in [7, 11) is 0. The Balaban J connectivity index is 1.80. The van der Waals surface area contributed by atoms with Crippen molar-refractivity contribution in [2.45, 2.75) is 56.2 Å². The molecule has 1 N–H and O–H groups in total. The first-order valence-electron chi connectivity index (χ1n) is 13.3. The first-order chi connectivity index (χ1) is 18.2. The summed E-state index contributed by atoms with van der Waals surface area (Å²) < 4.78 is 6.60. The molecule has 3 unspecified atom stereocenters. The number of hydrogen-bond acceptors (Lipinski definition) is 5. The van der Waals surface area contributed by atoms with Crippen LogP contribution < -0.4 is 4.90 Å². The van der Waals surface area contributed by atoms with Crippen molar-refractivity contribution in [1.29, 1.82) is 0 Å². The van der Waals surface area contributed by atoms with Gasteiger partial charge in [0.05, 0.1) is 24.5 Å². The lowest BCUT2D eigenvalue weighted by molar-refractivity contribution is -0.145. The molecular formula is C29H38BrN3O5. The summed E-state index contributed by atoms with van der Waals surface area (Å²) in [6.07, 6.45) is 4.00. The standard InChI is InChI=1S/C29H38BrN3O5/c1-6-11-31(12-7-2)26(35)22-23-27(36)33(14-15-34)25(29(23)17-20(30)24(22)38-29)28(37)32(13-8-3)21-16-18(4)9-10-19(21)5/h6,8-10,16,20,22-25,34H,1,3,7,11-15,17H2,2,4-5H3/t20?,22-,23+,24-,25?,29?/m1/s1. The molecule has 3 aliphatic rings. The van der Waals surface area contributed by atoms with Crippen molar-refractivity contribution in [3.05, 3.63) is 54.6 Å². The molecule has 9 heteroatoms. The molecule has 3 heterocycles. The van der Waals surface area contributed by atoms with Gasteiger partial charge in [0.1, 0.15) is 11.6 Å². The minimum atomic E-state index is -1.17. The Hall–Kier alpha value is -2.49. The third-order valence-corrected chi connectivity index (χ3v) is 8.88. The number of anilines is 1. The summed E-state index contributed by atoms with van der Waals surface area (Å²) in [5.41, 5.74) is 1.48. The predicted octanol–water partition coefficient (Wildman–Crippen LogP) is 2.99. The van der Waals surface area contributed by atoms with Gasteiger partial charge >= 0.3 is 0 Å². The van der Waals surface area contributed by atoms with Crippen LogP contribution in [-0.2, 0) is 19.1 Å². The van der Waals surface area contributed by atoms with E-state index in [-0.39, 0.29) is 42.2 Å². The molecule has 3 aliphatic heterocycles. The fourth-order valence-corrected chi connectivity index (χ4v) is 7.50. The van der Waals surface area contributed by atoms with Crippen LogP contribution in [0.4, 0.5) is 5.69 Å². The van der Waals surface area contributed by atoms with E-state index >= 15 is 0 Å². The number of halogens is 1. The second-order valence-corrected chi connectivity index (χ2v) is 11.7. The van der Waals surface area contributed by atoms with E-state index < -0.39 is 29.6 Å². The largest absolute Gasteiger partial charge is 0.395 e. The molecule has 0 saturated carbocycles. The third kappa shape index (κ3) is 4.52. The summed E-state index contributed by atoms with van der Waals surface area (Å²) in [4.78, 5) is 47.0. The van der Waals surface area contributed by atoms with Gasteiger partial charge in [-0.3, -0.25) is 14.4 Å². The maximum atomic E-state index is 14.5. The lowest BCUT2D eigenvalue weighted by Crippen LogP contribution is -2.57. The Morgan fingerprint density at radius 1 is 1.24 bits per heavy atom. The fraction of sp³-hybridized carbons (Fsp3) is 0.552. The van der Waals surface area contributed by atoms with Crippen molar-refractivity contribution < 1.29 is 24.2 Å². The van der Waals surface area contributed by atoms with Crippen molar-refractivity contribution in [1.82, 2.24) is 9.80 Å². The number of ether oxygens (including phenoxy) is 1. The molecule has 1 spiro atoms. The molecule has 6 atom stereocenters. The molecule has 8 nitrogen and oxygen atoms in total. The number of rotatable bonds is 11. The number of alkyl halides is 1. The van der Waals surface area contributed by atoms with Gasteiger partial charge in [-0.2, -0.15) is 0 Å². The van der Waals surface area contributed by atoms with Gasteiger partial charge in [0.2, 0.25) is 11.8 Å². The van der Waals surface area contributed by atoms with E-state index in [1.165, 1.54) is 4.90 Å². The van der Waals surface area contributed by atoms with Crippen LogP contribution in [0.1, 0.15) is 30.9 Å². The van der Waals surface area contributed by atoms with Crippen molar-refractivity contribution in [2.75, 3.05) is 37.7 Å². The zero-order valence-corrected chi connectivity index (χ0v) is 24.0. The highest BCUT2D eigenvalue weighted by Gasteiger charge is 2.76. The van der Waals surface area contributed by atoms with E-state index in [1.807, 2.05) is 39.0 Å². The van der Waals surface area contributed by atoms with Crippen LogP contribution in [0.5, 0.6) is 0 Å². The highest BCUT2D eigenvalue weighted by atomic mass is 79.9. The first-order valence-corrected chi connectivity index (χ1v) is 14.2. The van der Waals surface area contributed by atoms with Crippen LogP contribution in [0.2, 0.25) is 0 Å². The summed E-state index contributed by atoms with van der Waals surface area (Å²) in [6.45, 7) is 14.4. The molecular weight excluding hydrogens is 550 g/mol. The minimum Gasteiger partial charge on any atom is -0.395 e. The Kier molecular flexibility index (Phi) is 8.49. The van der Waals surface area contributed by atoms with E-state index in [0.717, 1.165) is 23.2 Å². The Morgan fingerprint density at radius 2 is 1.95 bits per heavy atom. The Labute approximate surface area is 233 Å². The smallest absolute Gasteiger partial charge is 0.253 e. The van der Waals surface area contributed by atoms with Gasteiger partial charge in [0, 0.05) is 36.7 Å². The number of amides is 3. The Bertz CT molecular complexity index is 1130. The first kappa shape index (κ1) is 28.5. The van der Waals surface area contributed by atoms with Gasteiger partial charge in [-0.1, -0.05) is 47.1 Å². The number of β-amino-alcohol motifs (C(OH)–C–C–N with tert-alkyl or cyclic N) is 1. The number of aryl methyl sites for hydroxylation is 2. The number of carbonyl (C=O) groups excluding carboxylic acids is 3. The van der Waals surface area contributed by atoms with Gasteiger partial charge < -0.3 is 24.5 Å². The van der Waals surface area contributed by atoms with Crippen molar-refractivity contribution in [3.8, 4) is 0 Å². The average molecular weight is 589 g/mol. The molecule has 4 rings (SSSR count). The molecule has 1 aromatic carbocycles. The number of carbonyl (C=O) groups is 3. The van der Waals surface area contributed by atoms with E-state index in [9.17, 15) is 19.5 Å². The van der Waals surface area contributed by atoms with Crippen LogP contribution in [-0.4, -0.2) is 88.0 Å². The number of aliphatic hydroxyl groups excluding tert-OH is 1. The lowest BCUT2D eigenvalue weighted by Gasteiger charge is -2.37. The lowest BCUT2D eigenvalue weighted by atomic mass is 9.70. The van der Waals surface area contributed by atoms with E-state index in [4.69, 9.17) is 4.74 Å². The molecule has 0 aliphatic carbocycles. The van der Waals surface area contributed by atoms with Crippen molar-refractivity contribution in [2.24, 2.45) is 11.8 Å². The normalized spacial score (nSPS) is 29.3. The molecule has 206 valence electrons. The van der Waals surface area contributed by atoms with Gasteiger partial charge in [-0.15, -0.1) is 13.2 Å². The van der Waals surface area contributed by atoms with Crippen molar-refractivity contribution in [3.63, 3.8) is 0 Å². The quantitative estimate of drug-likeness (QED) is 0.317. The molecule has 3 amide bonds. The zero-order chi connectivity index (χ0) is 27.8. The monoisotopic (exact) mass is 587 g/mol. The minimum absolute atomic E-state index is 0.0184. The van der Waals surface area contributed by atoms with Crippen LogP contribution in [0, 0.1) is 25.7 Å². The van der Waals surface area contributed by atoms with Gasteiger partial charge in [-0.05, 0) is 43.9 Å². The number of likely N-dealkylation sites (tertiary alicyclic amines) is 1. The molecule has 3 fully saturated rings. The maximum Gasteiger partial charge on any atom is 0.253 e. The topological polar surface area (TPSA) is 90.4 Å². The molecule has 3 saturated heterocycles. The second kappa shape index (κ2) is 11.3. The summed E-state index contributed by atoms with van der Waals surface area (Å²) >= 11 is 3.72. The van der Waals surface area contributed by atoms with Crippen LogP contribution in [0.25, 0.3) is 0 Å². The number of aliphatic hydroxyl groups is 1. The number of nitrogens with zero attached hydrogens (tertiary/aromatic N) is 3. The van der Waals surface area contributed by atoms with Crippen LogP contribution in [0.15, 0.2) is 43.5 Å². The summed E-state index contributed by atoms with van der Waals surface area (Å²) in [5.74, 6) is -2.29. The highest BCUT2D eigenvalue weighted by molar-refractivity contribution is 9.09. The van der Waals surface area contributed by atoms with E-state index in [0.29, 0.717) is 19.5 Å². The summed E-state index contributed by atoms with van der Waals surface area (Å²) in [5, 5.41) is 9.90. The number of hydrogen-bond donors (Lipinski definition) is 1. The van der Waals surface area contributed by atoms with Gasteiger partial charge in [0.15, 0.2) is 0 Å². The highest BCUT2D eigenvalue weighted by Crippen LogP contribution is 2.60. The van der Waals surface area contributed by atoms with Crippen molar-refractivity contribution >= 4 is 39.3 Å². The summed E-state index contributed by atoms with van der Waals surface area (Å²) in [6, 6.07) is 4.92. The van der Waals surface area contributed by atoms with Crippen LogP contribution >= 0.6 is 15.9 Å². The number of fused-ring (bicyclic) bond motifs is 1. The Morgan fingerprint density at radius 3 is 2.58 bits per heavy atom. The molecule has 0 radical (unpaired) electrons. The second-order valence-electron chi connectivity index (χ2n) is 10.5. The third-order valence-electron chi connectivity index (χ3n) is 8.04. The average Bonchev–Trinajstić information content (AvgIpc) is 3.47. The molecule has 1 aromatic rings. The SMILES string of the molecule is C=CCN(CCC)C(=O)[C@H]1[C@@H]2OC3(CC2Br)C(C(=O)N(CC=C)c2cc(C)ccc2C)N(CCO)C(=O)[C@H]13. The zero-order valence-electron chi connectivity index (χ0n) is 22.4. The van der Waals surface area contributed by atoms with E-state index in [2.05, 4.69) is 29.1 Å².